The fraction of sp³-hybridized carbons (Fsp3) is 0.0500. The molecule has 0 aliphatic carbocycles. The van der Waals surface area contributed by atoms with E-state index in [-0.39, 0.29) is 4.90 Å². The summed E-state index contributed by atoms with van der Waals surface area (Å²) < 4.78 is 28.6. The summed E-state index contributed by atoms with van der Waals surface area (Å²) >= 11 is 2.85. The molecule has 2 aromatic carbocycles. The number of nitrogens with two attached hydrogens (primary N) is 1. The summed E-state index contributed by atoms with van der Waals surface area (Å²) in [5.41, 5.74) is 1.81. The van der Waals surface area contributed by atoms with E-state index in [2.05, 4.69) is 15.3 Å². The molecule has 0 radical (unpaired) electrons. The smallest absolute Gasteiger partial charge is 0.339 e. The highest BCUT2D eigenvalue weighted by molar-refractivity contribution is 7.99. The first-order valence-corrected chi connectivity index (χ1v) is 12.1. The Balaban J connectivity index is 1.69. The van der Waals surface area contributed by atoms with E-state index in [9.17, 15) is 13.2 Å². The van der Waals surface area contributed by atoms with E-state index >= 15 is 0 Å². The average Bonchev–Trinajstić information content (AvgIpc) is 3.22. The number of carbonyl (C=O) groups is 1. The lowest BCUT2D eigenvalue weighted by Crippen LogP contribution is -2.11. The summed E-state index contributed by atoms with van der Waals surface area (Å²) in [4.78, 5) is 22.0. The largest absolute Gasteiger partial charge is 0.465 e. The Morgan fingerprint density at radius 1 is 1.10 bits per heavy atom. The first kappa shape index (κ1) is 21.2. The van der Waals surface area contributed by atoms with Crippen molar-refractivity contribution >= 4 is 60.9 Å². The molecule has 0 atom stereocenters. The predicted molar refractivity (Wildman–Crippen MR) is 120 cm³/mol. The van der Waals surface area contributed by atoms with Crippen LogP contribution in [-0.4, -0.2) is 31.5 Å². The molecule has 0 spiro atoms. The number of sulfonamides is 1. The third-order valence-electron chi connectivity index (χ3n) is 4.21. The monoisotopic (exact) mass is 472 g/mol. The number of nitrogens with one attached hydrogen (secondary N) is 1. The van der Waals surface area contributed by atoms with Gasteiger partial charge >= 0.3 is 5.97 Å². The van der Waals surface area contributed by atoms with Gasteiger partial charge in [0.15, 0.2) is 0 Å². The van der Waals surface area contributed by atoms with E-state index in [1.807, 2.05) is 23.6 Å². The van der Waals surface area contributed by atoms with Gasteiger partial charge in [0.1, 0.15) is 5.03 Å². The molecule has 0 aliphatic heterocycles. The van der Waals surface area contributed by atoms with Crippen LogP contribution in [0.1, 0.15) is 10.4 Å². The molecular formula is C20H16N4O4S3. The number of hydrogen-bond acceptors (Lipinski definition) is 9. The summed E-state index contributed by atoms with van der Waals surface area (Å²) in [6.07, 6.45) is 0. The highest BCUT2D eigenvalue weighted by Crippen LogP contribution is 2.37. The minimum Gasteiger partial charge on any atom is -0.465 e. The number of methoxy groups -OCH3 is 1. The highest BCUT2D eigenvalue weighted by Gasteiger charge is 2.16. The second-order valence-electron chi connectivity index (χ2n) is 6.27. The van der Waals surface area contributed by atoms with Gasteiger partial charge in [-0.1, -0.05) is 23.9 Å². The second kappa shape index (κ2) is 8.63. The number of rotatable bonds is 6. The lowest BCUT2D eigenvalue weighted by Gasteiger charge is -2.10. The molecule has 0 unspecified atom stereocenters. The van der Waals surface area contributed by atoms with Crippen molar-refractivity contribution in [2.75, 3.05) is 12.4 Å². The Labute approximate surface area is 186 Å². The van der Waals surface area contributed by atoms with E-state index in [0.717, 1.165) is 10.2 Å². The van der Waals surface area contributed by atoms with Crippen LogP contribution in [0.25, 0.3) is 10.2 Å². The van der Waals surface area contributed by atoms with Crippen LogP contribution in [0.3, 0.4) is 0 Å². The topological polar surface area (TPSA) is 124 Å². The maximum Gasteiger partial charge on any atom is 0.339 e. The number of esters is 1. The third-order valence-corrected chi connectivity index (χ3v) is 7.24. The lowest BCUT2D eigenvalue weighted by molar-refractivity contribution is 0.0597. The first-order valence-electron chi connectivity index (χ1n) is 8.85. The van der Waals surface area contributed by atoms with Gasteiger partial charge in [-0.25, -0.2) is 28.3 Å². The molecular weight excluding hydrogens is 456 g/mol. The molecule has 3 N–H and O–H groups in total. The Bertz CT molecular complexity index is 1370. The highest BCUT2D eigenvalue weighted by atomic mass is 32.2. The molecule has 2 aromatic heterocycles. The molecule has 0 bridgehead atoms. The second-order valence-corrected chi connectivity index (χ2v) is 9.78. The molecule has 11 heteroatoms. The molecule has 0 saturated carbocycles. The molecule has 0 amide bonds. The van der Waals surface area contributed by atoms with Gasteiger partial charge in [0.2, 0.25) is 16.0 Å². The van der Waals surface area contributed by atoms with Crippen molar-refractivity contribution in [3.8, 4) is 0 Å². The summed E-state index contributed by atoms with van der Waals surface area (Å²) in [6.45, 7) is 0. The number of anilines is 2. The van der Waals surface area contributed by atoms with E-state index in [0.29, 0.717) is 27.1 Å². The average molecular weight is 473 g/mol. The van der Waals surface area contributed by atoms with E-state index in [1.165, 1.54) is 42.3 Å². The van der Waals surface area contributed by atoms with Gasteiger partial charge in [-0.3, -0.25) is 0 Å². The third kappa shape index (κ3) is 4.69. The Morgan fingerprint density at radius 3 is 2.55 bits per heavy atom. The van der Waals surface area contributed by atoms with Crippen molar-refractivity contribution < 1.29 is 17.9 Å². The molecule has 0 fully saturated rings. The number of nitrogens with zero attached hydrogens (tertiary/aromatic N) is 2. The number of primary sulfonamides is 1. The van der Waals surface area contributed by atoms with Gasteiger partial charge < -0.3 is 10.1 Å². The molecule has 158 valence electrons. The van der Waals surface area contributed by atoms with Gasteiger partial charge in [-0.05, 0) is 47.8 Å². The fourth-order valence-corrected chi connectivity index (χ4v) is 5.20. The molecule has 0 saturated heterocycles. The van der Waals surface area contributed by atoms with Gasteiger partial charge in [-0.2, -0.15) is 0 Å². The summed E-state index contributed by atoms with van der Waals surface area (Å²) in [7, 11) is -2.42. The SMILES string of the molecule is COC(=O)c1ccccc1Sc1nc(Nc2ccc(S(N)(=O)=O)cc2)nc2ccsc12. The molecule has 31 heavy (non-hydrogen) atoms. The minimum absolute atomic E-state index is 0.0166. The normalized spacial score (nSPS) is 11.4. The molecule has 2 heterocycles. The Hall–Kier alpha value is -2.99. The quantitative estimate of drug-likeness (QED) is 0.318. The van der Waals surface area contributed by atoms with E-state index in [4.69, 9.17) is 9.88 Å². The zero-order valence-electron chi connectivity index (χ0n) is 16.1. The number of hydrogen-bond donors (Lipinski definition) is 2. The zero-order valence-corrected chi connectivity index (χ0v) is 18.6. The van der Waals surface area contributed by atoms with Crippen molar-refractivity contribution in [1.82, 2.24) is 9.97 Å². The molecule has 0 aliphatic rings. The van der Waals surface area contributed by atoms with Crippen LogP contribution < -0.4 is 10.5 Å². The summed E-state index contributed by atoms with van der Waals surface area (Å²) in [5.74, 6) is -0.0832. The van der Waals surface area contributed by atoms with Crippen molar-refractivity contribution in [3.63, 3.8) is 0 Å². The van der Waals surface area contributed by atoms with Crippen molar-refractivity contribution in [2.45, 2.75) is 14.8 Å². The van der Waals surface area contributed by atoms with Crippen molar-refractivity contribution in [3.05, 3.63) is 65.5 Å². The first-order chi connectivity index (χ1) is 14.8. The van der Waals surface area contributed by atoms with Crippen LogP contribution in [0.15, 0.2) is 74.8 Å². The van der Waals surface area contributed by atoms with Crippen molar-refractivity contribution in [1.29, 1.82) is 0 Å². The summed E-state index contributed by atoms with van der Waals surface area (Å²) in [5, 5.41) is 10.8. The Morgan fingerprint density at radius 2 is 1.84 bits per heavy atom. The van der Waals surface area contributed by atoms with E-state index in [1.54, 1.807) is 24.3 Å². The maximum absolute atomic E-state index is 12.1. The maximum atomic E-state index is 12.1. The number of fused-ring (bicyclic) bond motifs is 1. The molecule has 8 nitrogen and oxygen atoms in total. The van der Waals surface area contributed by atoms with Crippen LogP contribution >= 0.6 is 23.1 Å². The van der Waals surface area contributed by atoms with Crippen LogP contribution in [0.4, 0.5) is 11.6 Å². The van der Waals surface area contributed by atoms with Gasteiger partial charge in [0.25, 0.3) is 0 Å². The zero-order chi connectivity index (χ0) is 22.0. The molecule has 4 aromatic rings. The standard InChI is InChI=1S/C20H16N4O4S3/c1-28-19(25)14-4-2-3-5-16(14)30-18-17-15(10-11-29-17)23-20(24-18)22-12-6-8-13(9-7-12)31(21,26)27/h2-11H,1H3,(H2,21,26,27)(H,22,23,24). The number of aromatic nitrogens is 2. The Kier molecular flexibility index (Phi) is 5.92. The lowest BCUT2D eigenvalue weighted by atomic mass is 10.2. The minimum atomic E-state index is -3.77. The van der Waals surface area contributed by atoms with Crippen molar-refractivity contribution in [2.24, 2.45) is 5.14 Å². The van der Waals surface area contributed by atoms with Gasteiger partial charge in [-0.15, -0.1) is 11.3 Å². The number of carbonyl (C=O) groups excluding carboxylic acids is 1. The van der Waals surface area contributed by atoms with Crippen LogP contribution in [0.2, 0.25) is 0 Å². The number of thiophene rings is 1. The van der Waals surface area contributed by atoms with Gasteiger partial charge in [0.05, 0.1) is 27.8 Å². The van der Waals surface area contributed by atoms with Crippen LogP contribution in [0, 0.1) is 0 Å². The molecule has 4 rings (SSSR count). The predicted octanol–water partition coefficient (Wildman–Crippen LogP) is 4.02. The fourth-order valence-electron chi connectivity index (χ4n) is 2.76. The number of ether oxygens (including phenoxy) is 1. The number of benzene rings is 2. The van der Waals surface area contributed by atoms with Crippen LogP contribution in [-0.2, 0) is 14.8 Å². The van der Waals surface area contributed by atoms with Gasteiger partial charge in [0, 0.05) is 10.6 Å². The summed E-state index contributed by atoms with van der Waals surface area (Å²) in [6, 6.07) is 15.0. The van der Waals surface area contributed by atoms with E-state index < -0.39 is 16.0 Å². The van der Waals surface area contributed by atoms with Crippen LogP contribution in [0.5, 0.6) is 0 Å².